The number of rotatable bonds is 6. The van der Waals surface area contributed by atoms with Gasteiger partial charge >= 0.3 is 11.9 Å². The summed E-state index contributed by atoms with van der Waals surface area (Å²) >= 11 is 0. The van der Waals surface area contributed by atoms with E-state index in [0.29, 0.717) is 24.1 Å². The number of amides is 2. The number of aromatic nitrogens is 1. The van der Waals surface area contributed by atoms with E-state index in [0.717, 1.165) is 4.90 Å². The van der Waals surface area contributed by atoms with Crippen LogP contribution < -0.4 is 0 Å². The standard InChI is InChI=1S/C22H26N2O7/c1-10-16(22(29)30-5)11(2)23-17(10)18(25)13(4)31-21(28)12(3)24-19(26)14-8-6-7-9-15(14)20(24)27/h6-7,12-15,23H,8-9H2,1-5H3/t12-,13-,14-,15+/m0/s1. The lowest BCUT2D eigenvalue weighted by Gasteiger charge is -2.23. The molecule has 1 aromatic heterocycles. The van der Waals surface area contributed by atoms with Gasteiger partial charge in [0.1, 0.15) is 6.04 Å². The highest BCUT2D eigenvalue weighted by Crippen LogP contribution is 2.36. The lowest BCUT2D eigenvalue weighted by molar-refractivity contribution is -0.159. The first-order valence-corrected chi connectivity index (χ1v) is 10.1. The number of carbonyl (C=O) groups excluding carboxylic acids is 5. The molecule has 3 rings (SSSR count). The number of aryl methyl sites for hydroxylation is 1. The molecule has 1 aromatic rings. The molecule has 0 bridgehead atoms. The summed E-state index contributed by atoms with van der Waals surface area (Å²) in [7, 11) is 1.24. The van der Waals surface area contributed by atoms with Gasteiger partial charge in [-0.2, -0.15) is 0 Å². The van der Waals surface area contributed by atoms with E-state index in [9.17, 15) is 24.0 Å². The largest absolute Gasteiger partial charge is 0.465 e. The molecule has 9 heteroatoms. The molecule has 31 heavy (non-hydrogen) atoms. The second-order valence-electron chi connectivity index (χ2n) is 7.94. The summed E-state index contributed by atoms with van der Waals surface area (Å²) in [4.78, 5) is 66.6. The maximum Gasteiger partial charge on any atom is 0.339 e. The van der Waals surface area contributed by atoms with Crippen LogP contribution in [0.3, 0.4) is 0 Å². The predicted octanol–water partition coefficient (Wildman–Crippen LogP) is 1.87. The maximum atomic E-state index is 12.8. The van der Waals surface area contributed by atoms with Crippen molar-refractivity contribution in [2.24, 2.45) is 11.8 Å². The van der Waals surface area contributed by atoms with Gasteiger partial charge in [-0.15, -0.1) is 0 Å². The number of esters is 2. The van der Waals surface area contributed by atoms with E-state index in [4.69, 9.17) is 9.47 Å². The van der Waals surface area contributed by atoms with Crippen molar-refractivity contribution in [3.63, 3.8) is 0 Å². The van der Waals surface area contributed by atoms with Crippen molar-refractivity contribution >= 4 is 29.5 Å². The third-order valence-corrected chi connectivity index (χ3v) is 6.01. The SMILES string of the molecule is COC(=O)c1c(C)[nH]c(C(=O)[C@H](C)OC(=O)[C@H](C)N2C(=O)[C@H]3CC=CC[C@H]3C2=O)c1C. The average Bonchev–Trinajstić information content (AvgIpc) is 3.19. The summed E-state index contributed by atoms with van der Waals surface area (Å²) in [5.74, 6) is -3.63. The number of allylic oxidation sites excluding steroid dienone is 2. The fraction of sp³-hybridized carbons (Fsp3) is 0.500. The Labute approximate surface area is 179 Å². The number of fused-ring (bicyclic) bond motifs is 1. The highest BCUT2D eigenvalue weighted by atomic mass is 16.5. The first-order chi connectivity index (χ1) is 14.6. The van der Waals surface area contributed by atoms with Crippen LogP contribution in [0.4, 0.5) is 0 Å². The predicted molar refractivity (Wildman–Crippen MR) is 108 cm³/mol. The van der Waals surface area contributed by atoms with Crippen molar-refractivity contribution in [2.45, 2.75) is 52.7 Å². The monoisotopic (exact) mass is 430 g/mol. The van der Waals surface area contributed by atoms with Crippen molar-refractivity contribution in [1.29, 1.82) is 0 Å². The minimum Gasteiger partial charge on any atom is -0.465 e. The van der Waals surface area contributed by atoms with Gasteiger partial charge in [0.05, 0.1) is 30.2 Å². The Balaban J connectivity index is 1.72. The lowest BCUT2D eigenvalue weighted by Crippen LogP contribution is -2.45. The van der Waals surface area contributed by atoms with Crippen LogP contribution in [0, 0.1) is 25.7 Å². The smallest absolute Gasteiger partial charge is 0.339 e. The van der Waals surface area contributed by atoms with Crippen molar-refractivity contribution < 1.29 is 33.4 Å². The van der Waals surface area contributed by atoms with Gasteiger partial charge in [-0.25, -0.2) is 9.59 Å². The third-order valence-electron chi connectivity index (χ3n) is 6.01. The minimum absolute atomic E-state index is 0.135. The van der Waals surface area contributed by atoms with Gasteiger partial charge < -0.3 is 14.5 Å². The Morgan fingerprint density at radius 2 is 1.61 bits per heavy atom. The summed E-state index contributed by atoms with van der Waals surface area (Å²) in [6, 6.07) is -1.14. The van der Waals surface area contributed by atoms with Gasteiger partial charge in [-0.3, -0.25) is 19.3 Å². The van der Waals surface area contributed by atoms with Crippen LogP contribution >= 0.6 is 0 Å². The number of nitrogens with one attached hydrogen (secondary N) is 1. The molecule has 0 saturated carbocycles. The van der Waals surface area contributed by atoms with Gasteiger partial charge in [0.2, 0.25) is 17.6 Å². The number of Topliss-reactive ketones (excluding diaryl/α,β-unsaturated/α-hetero) is 1. The van der Waals surface area contributed by atoms with Crippen LogP contribution in [0.5, 0.6) is 0 Å². The summed E-state index contributed by atoms with van der Waals surface area (Å²) in [5, 5.41) is 0. The van der Waals surface area contributed by atoms with E-state index >= 15 is 0 Å². The van der Waals surface area contributed by atoms with Gasteiger partial charge in [-0.05, 0) is 46.1 Å². The summed E-state index contributed by atoms with van der Waals surface area (Å²) in [6.45, 7) is 6.04. The topological polar surface area (TPSA) is 123 Å². The number of hydrogen-bond donors (Lipinski definition) is 1. The van der Waals surface area contributed by atoms with Crippen molar-refractivity contribution in [2.75, 3.05) is 7.11 Å². The van der Waals surface area contributed by atoms with Crippen molar-refractivity contribution in [3.8, 4) is 0 Å². The number of ketones is 1. The van der Waals surface area contributed by atoms with Crippen molar-refractivity contribution in [1.82, 2.24) is 9.88 Å². The van der Waals surface area contributed by atoms with Crippen LogP contribution in [-0.4, -0.2) is 58.7 Å². The summed E-state index contributed by atoms with van der Waals surface area (Å²) < 4.78 is 10.0. The zero-order chi connectivity index (χ0) is 23.0. The zero-order valence-corrected chi connectivity index (χ0v) is 18.2. The highest BCUT2D eigenvalue weighted by molar-refractivity contribution is 6.08. The van der Waals surface area contributed by atoms with Crippen LogP contribution in [-0.2, 0) is 23.9 Å². The Morgan fingerprint density at radius 3 is 2.13 bits per heavy atom. The third kappa shape index (κ3) is 3.80. The highest BCUT2D eigenvalue weighted by Gasteiger charge is 2.50. The molecule has 166 valence electrons. The first-order valence-electron chi connectivity index (χ1n) is 10.1. The molecule has 0 radical (unpaired) electrons. The van der Waals surface area contributed by atoms with Crippen molar-refractivity contribution in [3.05, 3.63) is 34.7 Å². The average molecular weight is 430 g/mol. The minimum atomic E-state index is -1.19. The number of likely N-dealkylation sites (tertiary alicyclic amines) is 1. The van der Waals surface area contributed by atoms with Crippen LogP contribution in [0.1, 0.15) is 58.8 Å². The van der Waals surface area contributed by atoms with Crippen LogP contribution in [0.2, 0.25) is 0 Å². The fourth-order valence-corrected chi connectivity index (χ4v) is 4.25. The Hall–Kier alpha value is -3.23. The van der Waals surface area contributed by atoms with Gasteiger partial charge in [-0.1, -0.05) is 12.2 Å². The van der Waals surface area contributed by atoms with Gasteiger partial charge in [0.25, 0.3) is 0 Å². The maximum absolute atomic E-state index is 12.8. The van der Waals surface area contributed by atoms with Crippen LogP contribution in [0.25, 0.3) is 0 Å². The lowest BCUT2D eigenvalue weighted by atomic mass is 9.85. The second kappa shape index (κ2) is 8.49. The molecular weight excluding hydrogens is 404 g/mol. The van der Waals surface area contributed by atoms with E-state index in [1.54, 1.807) is 13.8 Å². The van der Waals surface area contributed by atoms with E-state index in [-0.39, 0.29) is 23.1 Å². The molecule has 9 nitrogen and oxygen atoms in total. The molecule has 1 fully saturated rings. The number of ether oxygens (including phenoxy) is 2. The first kappa shape index (κ1) is 22.5. The molecule has 4 atom stereocenters. The number of imide groups is 1. The van der Waals surface area contributed by atoms with Gasteiger partial charge in [0.15, 0.2) is 6.10 Å². The molecule has 1 saturated heterocycles. The molecule has 0 aromatic carbocycles. The number of aromatic amines is 1. The number of nitrogens with zero attached hydrogens (tertiary/aromatic N) is 1. The molecule has 2 heterocycles. The zero-order valence-electron chi connectivity index (χ0n) is 18.2. The number of H-pyrrole nitrogens is 1. The molecule has 1 N–H and O–H groups in total. The van der Waals surface area contributed by atoms with Gasteiger partial charge in [0, 0.05) is 5.69 Å². The Kier molecular flexibility index (Phi) is 6.15. The van der Waals surface area contributed by atoms with E-state index in [2.05, 4.69) is 4.98 Å². The Bertz CT molecular complexity index is 964. The summed E-state index contributed by atoms with van der Waals surface area (Å²) in [5.41, 5.74) is 1.24. The van der Waals surface area contributed by atoms with E-state index < -0.39 is 41.7 Å². The molecular formula is C22H26N2O7. The molecule has 1 aliphatic heterocycles. The molecule has 0 spiro atoms. The van der Waals surface area contributed by atoms with E-state index in [1.165, 1.54) is 21.0 Å². The van der Waals surface area contributed by atoms with E-state index in [1.807, 2.05) is 12.2 Å². The molecule has 2 aliphatic rings. The van der Waals surface area contributed by atoms with Crippen LogP contribution in [0.15, 0.2) is 12.2 Å². The molecule has 2 amide bonds. The Morgan fingerprint density at radius 1 is 1.06 bits per heavy atom. The second-order valence-corrected chi connectivity index (χ2v) is 7.94. The normalized spacial score (nSPS) is 22.2. The number of hydrogen-bond acceptors (Lipinski definition) is 7. The quantitative estimate of drug-likeness (QED) is 0.316. The molecule has 0 unspecified atom stereocenters. The fourth-order valence-electron chi connectivity index (χ4n) is 4.25. The number of methoxy groups -OCH3 is 1. The summed E-state index contributed by atoms with van der Waals surface area (Å²) in [6.07, 6.45) is 3.48. The number of carbonyl (C=O) groups is 5. The molecule has 1 aliphatic carbocycles.